The number of nitrogens with one attached hydrogen (secondary N) is 1. The highest BCUT2D eigenvalue weighted by Crippen LogP contribution is 2.14. The number of hydrogen-bond donors (Lipinski definition) is 1. The van der Waals surface area contributed by atoms with Crippen LogP contribution in [0.4, 0.5) is 0 Å². The molecular formula is C21H34N4O2. The lowest BCUT2D eigenvalue weighted by atomic mass is 9.95. The van der Waals surface area contributed by atoms with E-state index in [0.717, 1.165) is 44.8 Å². The molecule has 2 rings (SSSR count). The minimum atomic E-state index is -0.398. The standard InChI is InChI=1S/C21H34N4O2/c1-21(2,3)20(27)22-16-17-6-8-18(9-7-17)19(26)25-14-12-24(13-15-25)11-10-23(4)5/h6-9H,10-16H2,1-5H3,(H,22,27). The van der Waals surface area contributed by atoms with Crippen LogP contribution in [-0.4, -0.2) is 79.9 Å². The van der Waals surface area contributed by atoms with Gasteiger partial charge < -0.3 is 15.1 Å². The van der Waals surface area contributed by atoms with Gasteiger partial charge in [0.25, 0.3) is 5.91 Å². The van der Waals surface area contributed by atoms with Gasteiger partial charge >= 0.3 is 0 Å². The van der Waals surface area contributed by atoms with Crippen molar-refractivity contribution >= 4 is 11.8 Å². The quantitative estimate of drug-likeness (QED) is 0.823. The monoisotopic (exact) mass is 374 g/mol. The zero-order valence-electron chi connectivity index (χ0n) is 17.4. The molecule has 6 heteroatoms. The summed E-state index contributed by atoms with van der Waals surface area (Å²) in [6.07, 6.45) is 0. The van der Waals surface area contributed by atoms with E-state index in [0.29, 0.717) is 12.1 Å². The van der Waals surface area contributed by atoms with E-state index in [-0.39, 0.29) is 11.8 Å². The number of amides is 2. The molecule has 0 bridgehead atoms. The summed E-state index contributed by atoms with van der Waals surface area (Å²) in [7, 11) is 4.16. The minimum Gasteiger partial charge on any atom is -0.352 e. The Kier molecular flexibility index (Phi) is 7.39. The van der Waals surface area contributed by atoms with Gasteiger partial charge in [0.15, 0.2) is 0 Å². The first-order chi connectivity index (χ1) is 12.7. The van der Waals surface area contributed by atoms with Crippen molar-refractivity contribution in [3.63, 3.8) is 0 Å². The van der Waals surface area contributed by atoms with E-state index < -0.39 is 5.41 Å². The first-order valence-corrected chi connectivity index (χ1v) is 9.70. The van der Waals surface area contributed by atoms with E-state index in [1.165, 1.54) is 0 Å². The summed E-state index contributed by atoms with van der Waals surface area (Å²) < 4.78 is 0. The smallest absolute Gasteiger partial charge is 0.253 e. The Morgan fingerprint density at radius 2 is 1.63 bits per heavy atom. The van der Waals surface area contributed by atoms with Gasteiger partial charge in [0.1, 0.15) is 0 Å². The van der Waals surface area contributed by atoms with Crippen LogP contribution in [0.2, 0.25) is 0 Å². The average Bonchev–Trinajstić information content (AvgIpc) is 2.64. The van der Waals surface area contributed by atoms with Gasteiger partial charge in [-0.2, -0.15) is 0 Å². The maximum atomic E-state index is 12.7. The SMILES string of the molecule is CN(C)CCN1CCN(C(=O)c2ccc(CNC(=O)C(C)(C)C)cc2)CC1. The molecule has 1 aliphatic heterocycles. The highest BCUT2D eigenvalue weighted by atomic mass is 16.2. The zero-order chi connectivity index (χ0) is 20.0. The maximum absolute atomic E-state index is 12.7. The van der Waals surface area contributed by atoms with Crippen LogP contribution in [0.1, 0.15) is 36.7 Å². The van der Waals surface area contributed by atoms with Gasteiger partial charge in [0.05, 0.1) is 0 Å². The van der Waals surface area contributed by atoms with Crippen molar-refractivity contribution in [2.75, 3.05) is 53.4 Å². The van der Waals surface area contributed by atoms with Crippen molar-refractivity contribution in [1.29, 1.82) is 0 Å². The molecule has 1 heterocycles. The first kappa shape index (κ1) is 21.4. The normalized spacial score (nSPS) is 15.9. The topological polar surface area (TPSA) is 55.9 Å². The van der Waals surface area contributed by atoms with E-state index in [2.05, 4.69) is 29.2 Å². The molecular weight excluding hydrogens is 340 g/mol. The molecule has 1 aromatic rings. The van der Waals surface area contributed by atoms with Gasteiger partial charge in [-0.3, -0.25) is 14.5 Å². The summed E-state index contributed by atoms with van der Waals surface area (Å²) in [6, 6.07) is 7.56. The van der Waals surface area contributed by atoms with Crippen molar-refractivity contribution < 1.29 is 9.59 Å². The Labute approximate surface area is 163 Å². The molecule has 0 aliphatic carbocycles. The van der Waals surface area contributed by atoms with E-state index in [1.54, 1.807) is 0 Å². The van der Waals surface area contributed by atoms with Crippen molar-refractivity contribution in [3.05, 3.63) is 35.4 Å². The van der Waals surface area contributed by atoms with E-state index in [4.69, 9.17) is 0 Å². The van der Waals surface area contributed by atoms with E-state index >= 15 is 0 Å². The molecule has 150 valence electrons. The van der Waals surface area contributed by atoms with E-state index in [9.17, 15) is 9.59 Å². The number of carbonyl (C=O) groups excluding carboxylic acids is 2. The Bertz CT molecular complexity index is 627. The van der Waals surface area contributed by atoms with Crippen LogP contribution in [0, 0.1) is 5.41 Å². The second-order valence-corrected chi connectivity index (χ2v) is 8.57. The van der Waals surface area contributed by atoms with Gasteiger partial charge in [-0.05, 0) is 31.8 Å². The molecule has 1 N–H and O–H groups in total. The van der Waals surface area contributed by atoms with Crippen LogP contribution in [0.5, 0.6) is 0 Å². The van der Waals surface area contributed by atoms with Crippen molar-refractivity contribution in [2.24, 2.45) is 5.41 Å². The van der Waals surface area contributed by atoms with Gasteiger partial charge in [-0.1, -0.05) is 32.9 Å². The Balaban J connectivity index is 1.83. The summed E-state index contributed by atoms with van der Waals surface area (Å²) >= 11 is 0. The number of nitrogens with zero attached hydrogens (tertiary/aromatic N) is 3. The number of carbonyl (C=O) groups is 2. The van der Waals surface area contributed by atoms with Crippen molar-refractivity contribution in [1.82, 2.24) is 20.0 Å². The minimum absolute atomic E-state index is 0.0230. The lowest BCUT2D eigenvalue weighted by molar-refractivity contribution is -0.128. The first-order valence-electron chi connectivity index (χ1n) is 9.70. The Morgan fingerprint density at radius 1 is 1.04 bits per heavy atom. The number of likely N-dealkylation sites (N-methyl/N-ethyl adjacent to an activating group) is 1. The van der Waals surface area contributed by atoms with Crippen LogP contribution in [0.25, 0.3) is 0 Å². The maximum Gasteiger partial charge on any atom is 0.253 e. The summed E-state index contributed by atoms with van der Waals surface area (Å²) in [6.45, 7) is 11.7. The Morgan fingerprint density at radius 3 is 2.15 bits per heavy atom. The zero-order valence-corrected chi connectivity index (χ0v) is 17.4. The fraction of sp³-hybridized carbons (Fsp3) is 0.619. The molecule has 6 nitrogen and oxygen atoms in total. The third-order valence-electron chi connectivity index (χ3n) is 4.86. The molecule has 0 saturated carbocycles. The van der Waals surface area contributed by atoms with Gasteiger partial charge in [-0.15, -0.1) is 0 Å². The van der Waals surface area contributed by atoms with Crippen LogP contribution < -0.4 is 5.32 Å². The molecule has 0 aromatic heterocycles. The highest BCUT2D eigenvalue weighted by Gasteiger charge is 2.22. The van der Waals surface area contributed by atoms with Gasteiger partial charge in [0.2, 0.25) is 5.91 Å². The number of hydrogen-bond acceptors (Lipinski definition) is 4. The summed E-state index contributed by atoms with van der Waals surface area (Å²) in [5.74, 6) is 0.113. The second-order valence-electron chi connectivity index (χ2n) is 8.57. The molecule has 0 atom stereocenters. The predicted octanol–water partition coefficient (Wildman–Crippen LogP) is 1.67. The fourth-order valence-corrected chi connectivity index (χ4v) is 2.91. The fourth-order valence-electron chi connectivity index (χ4n) is 2.91. The van der Waals surface area contributed by atoms with Crippen LogP contribution >= 0.6 is 0 Å². The van der Waals surface area contributed by atoms with Crippen molar-refractivity contribution in [3.8, 4) is 0 Å². The number of piperazine rings is 1. The van der Waals surface area contributed by atoms with Gasteiger partial charge in [0, 0.05) is 56.8 Å². The summed E-state index contributed by atoms with van der Waals surface area (Å²) in [4.78, 5) is 31.2. The van der Waals surface area contributed by atoms with Gasteiger partial charge in [-0.25, -0.2) is 0 Å². The molecule has 1 aliphatic rings. The molecule has 0 radical (unpaired) electrons. The van der Waals surface area contributed by atoms with Crippen LogP contribution in [-0.2, 0) is 11.3 Å². The van der Waals surface area contributed by atoms with E-state index in [1.807, 2.05) is 49.9 Å². The average molecular weight is 375 g/mol. The molecule has 1 aromatic carbocycles. The van der Waals surface area contributed by atoms with Crippen LogP contribution in [0.15, 0.2) is 24.3 Å². The van der Waals surface area contributed by atoms with Crippen molar-refractivity contribution in [2.45, 2.75) is 27.3 Å². The number of benzene rings is 1. The molecule has 1 saturated heterocycles. The summed E-state index contributed by atoms with van der Waals surface area (Å²) in [5, 5.41) is 2.93. The molecule has 2 amide bonds. The largest absolute Gasteiger partial charge is 0.352 e. The number of rotatable bonds is 6. The molecule has 27 heavy (non-hydrogen) atoms. The molecule has 0 unspecified atom stereocenters. The third kappa shape index (κ3) is 6.63. The third-order valence-corrected chi connectivity index (χ3v) is 4.86. The second kappa shape index (κ2) is 9.33. The predicted molar refractivity (Wildman–Crippen MR) is 109 cm³/mol. The lowest BCUT2D eigenvalue weighted by Gasteiger charge is -2.35. The molecule has 1 fully saturated rings. The van der Waals surface area contributed by atoms with Crippen LogP contribution in [0.3, 0.4) is 0 Å². The highest BCUT2D eigenvalue weighted by molar-refractivity contribution is 5.94. The summed E-state index contributed by atoms with van der Waals surface area (Å²) in [5.41, 5.74) is 1.31. The lowest BCUT2D eigenvalue weighted by Crippen LogP contribution is -2.49. The Hall–Kier alpha value is -1.92. The molecule has 0 spiro atoms.